The maximum absolute atomic E-state index is 13.1. The van der Waals surface area contributed by atoms with Crippen molar-refractivity contribution < 1.29 is 4.39 Å². The summed E-state index contributed by atoms with van der Waals surface area (Å²) >= 11 is 8.91. The average molecular weight is 260 g/mol. The van der Waals surface area contributed by atoms with Crippen LogP contribution in [0.5, 0.6) is 0 Å². The standard InChI is InChI=1S/C9H4BrClFN/c10-7-4-13-3-5-1-8(11)9(12)2-6(5)7/h1-4H. The molecular formula is C9H4BrClFN. The van der Waals surface area contributed by atoms with E-state index in [9.17, 15) is 4.39 Å². The minimum Gasteiger partial charge on any atom is -0.263 e. The van der Waals surface area contributed by atoms with Gasteiger partial charge in [0.1, 0.15) is 5.82 Å². The zero-order valence-electron chi connectivity index (χ0n) is 6.39. The van der Waals surface area contributed by atoms with Gasteiger partial charge in [-0.15, -0.1) is 0 Å². The molecular weight excluding hydrogens is 256 g/mol. The highest BCUT2D eigenvalue weighted by molar-refractivity contribution is 9.10. The van der Waals surface area contributed by atoms with Crippen LogP contribution in [0.2, 0.25) is 5.02 Å². The summed E-state index contributed by atoms with van der Waals surface area (Å²) in [6.07, 6.45) is 3.26. The molecule has 1 heterocycles. The van der Waals surface area contributed by atoms with Gasteiger partial charge in [0.2, 0.25) is 0 Å². The molecule has 0 fully saturated rings. The molecule has 2 rings (SSSR count). The molecule has 2 aromatic rings. The van der Waals surface area contributed by atoms with Crippen LogP contribution >= 0.6 is 27.5 Å². The first-order chi connectivity index (χ1) is 6.18. The van der Waals surface area contributed by atoms with Crippen molar-refractivity contribution in [3.63, 3.8) is 0 Å². The van der Waals surface area contributed by atoms with Gasteiger partial charge < -0.3 is 0 Å². The predicted molar refractivity (Wildman–Crippen MR) is 54.4 cm³/mol. The topological polar surface area (TPSA) is 12.9 Å². The van der Waals surface area contributed by atoms with E-state index in [0.29, 0.717) is 0 Å². The molecule has 0 atom stereocenters. The van der Waals surface area contributed by atoms with E-state index < -0.39 is 5.82 Å². The summed E-state index contributed by atoms with van der Waals surface area (Å²) in [5.41, 5.74) is 0. The van der Waals surface area contributed by atoms with Crippen molar-refractivity contribution in [1.29, 1.82) is 0 Å². The zero-order chi connectivity index (χ0) is 9.42. The number of rotatable bonds is 0. The second-order valence-electron chi connectivity index (χ2n) is 2.61. The quantitative estimate of drug-likeness (QED) is 0.702. The third-order valence-corrected chi connectivity index (χ3v) is 2.67. The zero-order valence-corrected chi connectivity index (χ0v) is 8.73. The van der Waals surface area contributed by atoms with Gasteiger partial charge in [-0.25, -0.2) is 4.39 Å². The number of aromatic nitrogens is 1. The third-order valence-electron chi connectivity index (χ3n) is 1.75. The molecule has 0 N–H and O–H groups in total. The van der Waals surface area contributed by atoms with Gasteiger partial charge in [-0.1, -0.05) is 11.6 Å². The molecule has 13 heavy (non-hydrogen) atoms. The van der Waals surface area contributed by atoms with Gasteiger partial charge in [-0.3, -0.25) is 4.98 Å². The lowest BCUT2D eigenvalue weighted by atomic mass is 10.2. The van der Waals surface area contributed by atoms with Crippen LogP contribution < -0.4 is 0 Å². The summed E-state index contributed by atoms with van der Waals surface area (Å²) in [6, 6.07) is 2.95. The maximum atomic E-state index is 13.1. The smallest absolute Gasteiger partial charge is 0.142 e. The number of nitrogens with zero attached hydrogens (tertiary/aromatic N) is 1. The van der Waals surface area contributed by atoms with Crippen molar-refractivity contribution in [2.24, 2.45) is 0 Å². The third kappa shape index (κ3) is 1.54. The van der Waals surface area contributed by atoms with Gasteiger partial charge in [0.05, 0.1) is 5.02 Å². The minimum absolute atomic E-state index is 0.118. The summed E-state index contributed by atoms with van der Waals surface area (Å²) in [6.45, 7) is 0. The molecule has 0 bridgehead atoms. The molecule has 1 nitrogen and oxygen atoms in total. The van der Waals surface area contributed by atoms with Crippen LogP contribution in [-0.2, 0) is 0 Å². The molecule has 0 amide bonds. The Hall–Kier alpha value is -0.670. The Morgan fingerprint density at radius 3 is 2.85 bits per heavy atom. The average Bonchev–Trinajstić information content (AvgIpc) is 2.09. The summed E-state index contributed by atoms with van der Waals surface area (Å²) < 4.78 is 13.8. The van der Waals surface area contributed by atoms with Crippen LogP contribution in [0.1, 0.15) is 0 Å². The van der Waals surface area contributed by atoms with E-state index >= 15 is 0 Å². The first-order valence-electron chi connectivity index (χ1n) is 3.57. The van der Waals surface area contributed by atoms with Crippen LogP contribution in [-0.4, -0.2) is 4.98 Å². The normalized spacial score (nSPS) is 10.7. The van der Waals surface area contributed by atoms with Crippen molar-refractivity contribution in [2.45, 2.75) is 0 Å². The van der Waals surface area contributed by atoms with Gasteiger partial charge in [0, 0.05) is 27.6 Å². The van der Waals surface area contributed by atoms with Gasteiger partial charge >= 0.3 is 0 Å². The van der Waals surface area contributed by atoms with Crippen LogP contribution in [0.4, 0.5) is 4.39 Å². The summed E-state index contributed by atoms with van der Waals surface area (Å²) in [4.78, 5) is 3.96. The van der Waals surface area contributed by atoms with Crippen LogP contribution in [0.25, 0.3) is 10.8 Å². The Balaban J connectivity index is 2.89. The summed E-state index contributed by atoms with van der Waals surface area (Å²) in [5.74, 6) is -0.416. The highest BCUT2D eigenvalue weighted by atomic mass is 79.9. The van der Waals surface area contributed by atoms with E-state index in [1.54, 1.807) is 18.5 Å². The highest BCUT2D eigenvalue weighted by Crippen LogP contribution is 2.27. The molecule has 0 aliphatic carbocycles. The molecule has 4 heteroatoms. The van der Waals surface area contributed by atoms with Crippen LogP contribution in [0.3, 0.4) is 0 Å². The predicted octanol–water partition coefficient (Wildman–Crippen LogP) is 3.79. The fraction of sp³-hybridized carbons (Fsp3) is 0. The summed E-state index contributed by atoms with van der Waals surface area (Å²) in [7, 11) is 0. The lowest BCUT2D eigenvalue weighted by Crippen LogP contribution is -1.82. The van der Waals surface area contributed by atoms with Gasteiger partial charge in [0.25, 0.3) is 0 Å². The molecule has 0 saturated heterocycles. The van der Waals surface area contributed by atoms with E-state index in [-0.39, 0.29) is 5.02 Å². The van der Waals surface area contributed by atoms with Crippen molar-refractivity contribution in [3.8, 4) is 0 Å². The van der Waals surface area contributed by atoms with Crippen molar-refractivity contribution in [2.75, 3.05) is 0 Å². The number of halogens is 3. The second kappa shape index (κ2) is 3.24. The number of benzene rings is 1. The fourth-order valence-corrected chi connectivity index (χ4v) is 1.76. The first-order valence-corrected chi connectivity index (χ1v) is 4.74. The first kappa shape index (κ1) is 8.91. The highest BCUT2D eigenvalue weighted by Gasteiger charge is 2.04. The molecule has 0 aliphatic rings. The number of hydrogen-bond acceptors (Lipinski definition) is 1. The molecule has 0 spiro atoms. The largest absolute Gasteiger partial charge is 0.263 e. The van der Waals surface area contributed by atoms with Crippen molar-refractivity contribution in [1.82, 2.24) is 4.98 Å². The molecule has 0 radical (unpaired) electrons. The van der Waals surface area contributed by atoms with Crippen LogP contribution in [0.15, 0.2) is 29.0 Å². The lowest BCUT2D eigenvalue weighted by molar-refractivity contribution is 0.630. The molecule has 0 unspecified atom stereocenters. The van der Waals surface area contributed by atoms with Gasteiger partial charge in [-0.2, -0.15) is 0 Å². The Bertz CT molecular complexity index is 472. The van der Waals surface area contributed by atoms with Crippen molar-refractivity contribution >= 4 is 38.3 Å². The van der Waals surface area contributed by atoms with E-state index in [4.69, 9.17) is 11.6 Å². The van der Waals surface area contributed by atoms with Crippen molar-refractivity contribution in [3.05, 3.63) is 39.8 Å². The van der Waals surface area contributed by atoms with Crippen LogP contribution in [0, 0.1) is 5.82 Å². The van der Waals surface area contributed by atoms with Gasteiger partial charge in [-0.05, 0) is 28.1 Å². The second-order valence-corrected chi connectivity index (χ2v) is 3.87. The molecule has 0 saturated carbocycles. The lowest BCUT2D eigenvalue weighted by Gasteiger charge is -2.00. The Morgan fingerprint density at radius 1 is 1.31 bits per heavy atom. The Labute approximate surface area is 87.7 Å². The summed E-state index contributed by atoms with van der Waals surface area (Å²) in [5, 5.41) is 1.71. The Morgan fingerprint density at radius 2 is 2.08 bits per heavy atom. The molecule has 66 valence electrons. The van der Waals surface area contributed by atoms with E-state index in [2.05, 4.69) is 20.9 Å². The molecule has 1 aromatic carbocycles. The number of pyridine rings is 1. The van der Waals surface area contributed by atoms with E-state index in [1.165, 1.54) is 6.07 Å². The van der Waals surface area contributed by atoms with E-state index in [1.807, 2.05) is 0 Å². The Kier molecular flexibility index (Phi) is 2.22. The minimum atomic E-state index is -0.416. The molecule has 0 aliphatic heterocycles. The van der Waals surface area contributed by atoms with Gasteiger partial charge in [0.15, 0.2) is 0 Å². The monoisotopic (exact) mass is 259 g/mol. The molecule has 1 aromatic heterocycles. The van der Waals surface area contributed by atoms with E-state index in [0.717, 1.165) is 15.2 Å². The maximum Gasteiger partial charge on any atom is 0.142 e. The fourth-order valence-electron chi connectivity index (χ4n) is 1.13. The number of fused-ring (bicyclic) bond motifs is 1. The number of hydrogen-bond donors (Lipinski definition) is 0. The SMILES string of the molecule is Fc1cc2c(Br)cncc2cc1Cl.